The number of hydrogen-bond acceptors (Lipinski definition) is 4. The highest BCUT2D eigenvalue weighted by atomic mass is 35.5. The number of carboxylic acids is 1. The highest BCUT2D eigenvalue weighted by Crippen LogP contribution is 2.18. The van der Waals surface area contributed by atoms with E-state index in [0.29, 0.717) is 19.5 Å². The van der Waals surface area contributed by atoms with Crippen LogP contribution in [-0.2, 0) is 9.59 Å². The van der Waals surface area contributed by atoms with Crippen molar-refractivity contribution in [3.63, 3.8) is 0 Å². The lowest BCUT2D eigenvalue weighted by Crippen LogP contribution is -2.52. The second kappa shape index (κ2) is 9.36. The van der Waals surface area contributed by atoms with E-state index in [0.717, 1.165) is 6.42 Å². The Labute approximate surface area is 130 Å². The molecular weight excluding hydrogens is 298 g/mol. The van der Waals surface area contributed by atoms with Crippen molar-refractivity contribution in [3.05, 3.63) is 12.7 Å². The Hall–Kier alpha value is -1.60. The molecule has 1 saturated heterocycles. The number of carbonyl (C=O) groups excluding carboxylic acids is 2. The number of rotatable bonds is 5. The SMILES string of the molecule is C=CCNC(=O)NC(=O)C(C)N1CCCC(C(=O)O)C1.Cl. The van der Waals surface area contributed by atoms with Crippen molar-refractivity contribution in [1.82, 2.24) is 15.5 Å². The Morgan fingerprint density at radius 3 is 2.71 bits per heavy atom. The number of aliphatic carboxylic acids is 1. The average Bonchev–Trinajstić information content (AvgIpc) is 2.44. The fourth-order valence-electron chi connectivity index (χ4n) is 2.15. The van der Waals surface area contributed by atoms with E-state index in [2.05, 4.69) is 17.2 Å². The third-order valence-corrected chi connectivity index (χ3v) is 3.37. The van der Waals surface area contributed by atoms with Crippen LogP contribution in [0.3, 0.4) is 0 Å². The van der Waals surface area contributed by atoms with Gasteiger partial charge in [-0.05, 0) is 26.3 Å². The summed E-state index contributed by atoms with van der Waals surface area (Å²) in [4.78, 5) is 36.1. The van der Waals surface area contributed by atoms with Crippen LogP contribution >= 0.6 is 12.4 Å². The van der Waals surface area contributed by atoms with Gasteiger partial charge in [0.25, 0.3) is 0 Å². The Morgan fingerprint density at radius 1 is 1.48 bits per heavy atom. The van der Waals surface area contributed by atoms with Crippen molar-refractivity contribution in [3.8, 4) is 0 Å². The molecule has 21 heavy (non-hydrogen) atoms. The van der Waals surface area contributed by atoms with Crippen LogP contribution in [0.4, 0.5) is 4.79 Å². The van der Waals surface area contributed by atoms with Gasteiger partial charge in [0.15, 0.2) is 0 Å². The van der Waals surface area contributed by atoms with Gasteiger partial charge in [-0.2, -0.15) is 0 Å². The van der Waals surface area contributed by atoms with Crippen molar-refractivity contribution in [2.75, 3.05) is 19.6 Å². The molecule has 2 unspecified atom stereocenters. The molecule has 1 heterocycles. The van der Waals surface area contributed by atoms with Gasteiger partial charge in [0.05, 0.1) is 12.0 Å². The molecule has 1 fully saturated rings. The van der Waals surface area contributed by atoms with Crippen LogP contribution in [0.25, 0.3) is 0 Å². The zero-order valence-corrected chi connectivity index (χ0v) is 12.8. The molecule has 0 spiro atoms. The number of nitrogens with one attached hydrogen (secondary N) is 2. The Kier molecular flexibility index (Phi) is 8.64. The molecular formula is C13H22ClN3O4. The van der Waals surface area contributed by atoms with Gasteiger partial charge in [0.2, 0.25) is 5.91 Å². The summed E-state index contributed by atoms with van der Waals surface area (Å²) in [6.07, 6.45) is 2.87. The largest absolute Gasteiger partial charge is 0.481 e. The van der Waals surface area contributed by atoms with Crippen LogP contribution < -0.4 is 10.6 Å². The quantitative estimate of drug-likeness (QED) is 0.645. The zero-order chi connectivity index (χ0) is 15.1. The van der Waals surface area contributed by atoms with Crippen LogP contribution in [0.5, 0.6) is 0 Å². The van der Waals surface area contributed by atoms with Crippen molar-refractivity contribution in [2.24, 2.45) is 5.92 Å². The number of hydrogen-bond donors (Lipinski definition) is 3. The fourth-order valence-corrected chi connectivity index (χ4v) is 2.15. The number of carbonyl (C=O) groups is 3. The van der Waals surface area contributed by atoms with E-state index in [1.54, 1.807) is 11.8 Å². The number of imide groups is 1. The lowest BCUT2D eigenvalue weighted by atomic mass is 9.97. The molecule has 2 atom stereocenters. The van der Waals surface area contributed by atoms with Crippen molar-refractivity contribution < 1.29 is 19.5 Å². The van der Waals surface area contributed by atoms with E-state index in [4.69, 9.17) is 5.11 Å². The van der Waals surface area contributed by atoms with Crippen LogP contribution in [0, 0.1) is 5.92 Å². The summed E-state index contributed by atoms with van der Waals surface area (Å²) in [5.41, 5.74) is 0. The lowest BCUT2D eigenvalue weighted by Gasteiger charge is -2.34. The van der Waals surface area contributed by atoms with Gasteiger partial charge in [0.1, 0.15) is 0 Å². The minimum Gasteiger partial charge on any atom is -0.481 e. The molecule has 3 N–H and O–H groups in total. The zero-order valence-electron chi connectivity index (χ0n) is 12.0. The van der Waals surface area contributed by atoms with Gasteiger partial charge >= 0.3 is 12.0 Å². The molecule has 0 radical (unpaired) electrons. The Balaban J connectivity index is 0.00000400. The van der Waals surface area contributed by atoms with Gasteiger partial charge in [-0.25, -0.2) is 4.79 Å². The second-order valence-corrected chi connectivity index (χ2v) is 4.84. The van der Waals surface area contributed by atoms with E-state index < -0.39 is 29.9 Å². The van der Waals surface area contributed by atoms with Crippen LogP contribution in [0.2, 0.25) is 0 Å². The number of nitrogens with zero attached hydrogens (tertiary/aromatic N) is 1. The van der Waals surface area contributed by atoms with Crippen molar-refractivity contribution in [2.45, 2.75) is 25.8 Å². The predicted molar refractivity (Wildman–Crippen MR) is 80.4 cm³/mol. The lowest BCUT2D eigenvalue weighted by molar-refractivity contribution is -0.144. The summed E-state index contributed by atoms with van der Waals surface area (Å²) in [7, 11) is 0. The van der Waals surface area contributed by atoms with E-state index in [1.807, 2.05) is 0 Å². The number of amides is 3. The van der Waals surface area contributed by atoms with Crippen molar-refractivity contribution >= 4 is 30.3 Å². The first kappa shape index (κ1) is 19.4. The maximum atomic E-state index is 11.9. The molecule has 1 rings (SSSR count). The minimum atomic E-state index is -0.842. The highest BCUT2D eigenvalue weighted by Gasteiger charge is 2.31. The predicted octanol–water partition coefficient (Wildman–Crippen LogP) is 0.605. The monoisotopic (exact) mass is 319 g/mol. The van der Waals surface area contributed by atoms with Gasteiger partial charge in [0, 0.05) is 13.1 Å². The Bertz CT molecular complexity index is 403. The summed E-state index contributed by atoms with van der Waals surface area (Å²) in [6.45, 7) is 6.39. The summed E-state index contributed by atoms with van der Waals surface area (Å²) in [5, 5.41) is 13.7. The number of halogens is 1. The van der Waals surface area contributed by atoms with Crippen molar-refractivity contribution in [1.29, 1.82) is 0 Å². The summed E-state index contributed by atoms with van der Waals surface area (Å²) >= 11 is 0. The first-order valence-corrected chi connectivity index (χ1v) is 6.62. The maximum absolute atomic E-state index is 11.9. The van der Waals surface area contributed by atoms with Gasteiger partial charge in [-0.3, -0.25) is 19.8 Å². The number of piperidine rings is 1. The van der Waals surface area contributed by atoms with Crippen LogP contribution in [0.1, 0.15) is 19.8 Å². The Morgan fingerprint density at radius 2 is 2.14 bits per heavy atom. The topological polar surface area (TPSA) is 98.7 Å². The van der Waals surface area contributed by atoms with Crippen LogP contribution in [0.15, 0.2) is 12.7 Å². The molecule has 7 nitrogen and oxygen atoms in total. The first-order valence-electron chi connectivity index (χ1n) is 6.62. The third-order valence-electron chi connectivity index (χ3n) is 3.37. The second-order valence-electron chi connectivity index (χ2n) is 4.84. The van der Waals surface area contributed by atoms with E-state index in [-0.39, 0.29) is 19.0 Å². The molecule has 0 aliphatic carbocycles. The molecule has 0 aromatic heterocycles. The third kappa shape index (κ3) is 6.14. The molecule has 120 valence electrons. The summed E-state index contributed by atoms with van der Waals surface area (Å²) < 4.78 is 0. The average molecular weight is 320 g/mol. The molecule has 8 heteroatoms. The number of likely N-dealkylation sites (tertiary alicyclic amines) is 1. The first-order chi connectivity index (χ1) is 9.45. The molecule has 1 aliphatic rings. The van der Waals surface area contributed by atoms with E-state index in [9.17, 15) is 14.4 Å². The summed E-state index contributed by atoms with van der Waals surface area (Å²) in [5.74, 6) is -1.72. The van der Waals surface area contributed by atoms with Gasteiger partial charge in [-0.15, -0.1) is 19.0 Å². The molecule has 0 saturated carbocycles. The normalized spacial score (nSPS) is 19.8. The molecule has 0 aromatic carbocycles. The standard InChI is InChI=1S/C13H21N3O4.ClH/c1-3-6-14-13(20)15-11(17)9(2)16-7-4-5-10(8-16)12(18)19;/h3,9-10H,1,4-8H2,2H3,(H,18,19)(H2,14,15,17,20);1H. The molecule has 3 amide bonds. The number of urea groups is 1. The van der Waals surface area contributed by atoms with Gasteiger partial charge in [-0.1, -0.05) is 6.08 Å². The fraction of sp³-hybridized carbons (Fsp3) is 0.615. The maximum Gasteiger partial charge on any atom is 0.321 e. The summed E-state index contributed by atoms with van der Waals surface area (Å²) in [6, 6.07) is -1.11. The smallest absolute Gasteiger partial charge is 0.321 e. The minimum absolute atomic E-state index is 0. The van der Waals surface area contributed by atoms with Crippen LogP contribution in [-0.4, -0.2) is 53.6 Å². The number of carboxylic acid groups (broad SMARTS) is 1. The van der Waals surface area contributed by atoms with E-state index >= 15 is 0 Å². The van der Waals surface area contributed by atoms with Gasteiger partial charge < -0.3 is 10.4 Å². The molecule has 0 bridgehead atoms. The molecule has 0 aromatic rings. The van der Waals surface area contributed by atoms with E-state index in [1.165, 1.54) is 6.08 Å². The highest BCUT2D eigenvalue weighted by molar-refractivity contribution is 5.96. The molecule has 1 aliphatic heterocycles.